The molecule has 3 rings (SSSR count). The molecule has 3 saturated carbocycles. The van der Waals surface area contributed by atoms with Gasteiger partial charge in [-0.25, -0.2) is 17.9 Å². The molecular formula is C22H33F7N2O5S. The second-order valence-corrected chi connectivity index (χ2v) is 12.2. The Bertz CT molecular complexity index is 901. The molecule has 9 unspecified atom stereocenters. The number of halogens is 7. The number of hydrogen-bond acceptors (Lipinski definition) is 5. The molecule has 0 aromatic rings. The Balaban J connectivity index is 1.86. The van der Waals surface area contributed by atoms with Crippen molar-refractivity contribution in [2.45, 2.75) is 106 Å². The van der Waals surface area contributed by atoms with Crippen LogP contribution in [0.4, 0.5) is 30.7 Å². The molecule has 216 valence electrons. The van der Waals surface area contributed by atoms with E-state index in [2.05, 4.69) is 5.32 Å². The minimum Gasteiger partial charge on any atom is -0.381 e. The molecule has 0 aromatic carbocycles. The average molecular weight is 571 g/mol. The predicted molar refractivity (Wildman–Crippen MR) is 117 cm³/mol. The molecule has 3 aliphatic carbocycles. The van der Waals surface area contributed by atoms with Crippen molar-refractivity contribution < 1.29 is 53.4 Å². The number of primary sulfonamides is 1. The van der Waals surface area contributed by atoms with E-state index < -0.39 is 94.7 Å². The van der Waals surface area contributed by atoms with Crippen LogP contribution in [0.1, 0.15) is 57.8 Å². The van der Waals surface area contributed by atoms with Gasteiger partial charge < -0.3 is 14.8 Å². The fraction of sp³-hybridized carbons (Fsp3) is 0.955. The topological polar surface area (TPSA) is 108 Å². The molecular weight excluding hydrogens is 537 g/mol. The maximum atomic E-state index is 14.7. The molecule has 7 nitrogen and oxygen atoms in total. The maximum absolute atomic E-state index is 14.7. The lowest BCUT2D eigenvalue weighted by molar-refractivity contribution is -0.258. The van der Waals surface area contributed by atoms with Crippen molar-refractivity contribution in [1.29, 1.82) is 0 Å². The van der Waals surface area contributed by atoms with Gasteiger partial charge in [-0.1, -0.05) is 6.42 Å². The summed E-state index contributed by atoms with van der Waals surface area (Å²) < 4.78 is 132. The van der Waals surface area contributed by atoms with Crippen molar-refractivity contribution in [3.8, 4) is 0 Å². The fourth-order valence-corrected chi connectivity index (χ4v) is 6.84. The van der Waals surface area contributed by atoms with Crippen molar-refractivity contribution in [2.75, 3.05) is 7.11 Å². The standard InChI is InChI=1S/C22H33F7N2O5S/c1-35-13-5-6-17(16(23)10-13)36-18-8-11(21(24,25)26)7-15(22(27,28)29)19(18)20(32)31-12-3-2-4-14(9-12)37(30,33)34/h11-19H,2-10H2,1H3,(H,31,32)(H2,30,33,34). The summed E-state index contributed by atoms with van der Waals surface area (Å²) in [6, 6.07) is -0.828. The average Bonchev–Trinajstić information content (AvgIpc) is 2.78. The van der Waals surface area contributed by atoms with Gasteiger partial charge in [0.25, 0.3) is 0 Å². The van der Waals surface area contributed by atoms with Gasteiger partial charge in [-0.05, 0) is 44.9 Å². The molecule has 0 heterocycles. The zero-order valence-corrected chi connectivity index (χ0v) is 21.0. The zero-order chi connectivity index (χ0) is 27.8. The summed E-state index contributed by atoms with van der Waals surface area (Å²) in [4.78, 5) is 13.2. The number of hydrogen-bond donors (Lipinski definition) is 2. The van der Waals surface area contributed by atoms with Gasteiger partial charge in [0.2, 0.25) is 15.9 Å². The van der Waals surface area contributed by atoms with E-state index >= 15 is 0 Å². The highest BCUT2D eigenvalue weighted by molar-refractivity contribution is 7.89. The lowest BCUT2D eigenvalue weighted by Gasteiger charge is -2.44. The highest BCUT2D eigenvalue weighted by Crippen LogP contribution is 2.50. The van der Waals surface area contributed by atoms with Crippen LogP contribution in [-0.2, 0) is 24.3 Å². The van der Waals surface area contributed by atoms with Crippen LogP contribution < -0.4 is 10.5 Å². The maximum Gasteiger partial charge on any atom is 0.392 e. The van der Waals surface area contributed by atoms with E-state index in [1.807, 2.05) is 0 Å². The first kappa shape index (κ1) is 30.4. The number of rotatable bonds is 6. The molecule has 9 atom stereocenters. The minimum absolute atomic E-state index is 0.0105. The molecule has 37 heavy (non-hydrogen) atoms. The molecule has 3 aliphatic rings. The largest absolute Gasteiger partial charge is 0.392 e. The quantitative estimate of drug-likeness (QED) is 0.473. The van der Waals surface area contributed by atoms with Crippen molar-refractivity contribution in [3.05, 3.63) is 0 Å². The van der Waals surface area contributed by atoms with Gasteiger partial charge in [0.05, 0.1) is 41.3 Å². The number of nitrogens with one attached hydrogen (secondary N) is 1. The van der Waals surface area contributed by atoms with Crippen LogP contribution >= 0.6 is 0 Å². The summed E-state index contributed by atoms with van der Waals surface area (Å²) in [5.41, 5.74) is 0. The van der Waals surface area contributed by atoms with Gasteiger partial charge >= 0.3 is 12.4 Å². The van der Waals surface area contributed by atoms with Crippen molar-refractivity contribution in [3.63, 3.8) is 0 Å². The van der Waals surface area contributed by atoms with Crippen LogP contribution in [0.3, 0.4) is 0 Å². The Labute approximate surface area is 211 Å². The molecule has 1 amide bonds. The number of amides is 1. The lowest BCUT2D eigenvalue weighted by Crippen LogP contribution is -2.56. The van der Waals surface area contributed by atoms with E-state index in [9.17, 15) is 43.9 Å². The monoisotopic (exact) mass is 570 g/mol. The Morgan fingerprint density at radius 2 is 1.59 bits per heavy atom. The number of nitrogens with two attached hydrogens (primary N) is 1. The zero-order valence-electron chi connectivity index (χ0n) is 20.2. The van der Waals surface area contributed by atoms with Crippen molar-refractivity contribution in [1.82, 2.24) is 5.32 Å². The molecule has 3 fully saturated rings. The fourth-order valence-electron chi connectivity index (χ4n) is 5.85. The first-order valence-electron chi connectivity index (χ1n) is 12.3. The number of sulfonamides is 1. The second kappa shape index (κ2) is 11.5. The van der Waals surface area contributed by atoms with Crippen LogP contribution in [0.5, 0.6) is 0 Å². The smallest absolute Gasteiger partial charge is 0.381 e. The minimum atomic E-state index is -5.16. The molecule has 3 N–H and O–H groups in total. The Hall–Kier alpha value is -1.19. The van der Waals surface area contributed by atoms with E-state index in [4.69, 9.17) is 14.6 Å². The van der Waals surface area contributed by atoms with E-state index in [1.54, 1.807) is 0 Å². The first-order valence-corrected chi connectivity index (χ1v) is 13.9. The number of methoxy groups -OCH3 is 1. The van der Waals surface area contributed by atoms with Gasteiger partial charge in [0, 0.05) is 19.6 Å². The van der Waals surface area contributed by atoms with E-state index in [0.29, 0.717) is 12.8 Å². The summed E-state index contributed by atoms with van der Waals surface area (Å²) in [6.45, 7) is 0. The molecule has 0 aromatic heterocycles. The number of alkyl halides is 7. The summed E-state index contributed by atoms with van der Waals surface area (Å²) >= 11 is 0. The third kappa shape index (κ3) is 7.69. The Kier molecular flexibility index (Phi) is 9.44. The molecule has 0 bridgehead atoms. The molecule has 0 radical (unpaired) electrons. The number of ether oxygens (including phenoxy) is 2. The summed E-state index contributed by atoms with van der Waals surface area (Å²) in [5.74, 6) is -8.30. The Morgan fingerprint density at radius 3 is 2.14 bits per heavy atom. The molecule has 0 saturated heterocycles. The van der Waals surface area contributed by atoms with E-state index in [-0.39, 0.29) is 32.1 Å². The highest BCUT2D eigenvalue weighted by Gasteiger charge is 2.59. The third-order valence-corrected chi connectivity index (χ3v) is 9.22. The van der Waals surface area contributed by atoms with Gasteiger partial charge in [-0.15, -0.1) is 0 Å². The molecule has 15 heteroatoms. The second-order valence-electron chi connectivity index (χ2n) is 10.4. The van der Waals surface area contributed by atoms with Crippen molar-refractivity contribution in [2.24, 2.45) is 22.9 Å². The van der Waals surface area contributed by atoms with Crippen molar-refractivity contribution >= 4 is 15.9 Å². The molecule has 0 spiro atoms. The van der Waals surface area contributed by atoms with Crippen LogP contribution in [0.15, 0.2) is 0 Å². The molecule has 0 aliphatic heterocycles. The number of carbonyl (C=O) groups is 1. The lowest BCUT2D eigenvalue weighted by atomic mass is 9.70. The van der Waals surface area contributed by atoms with Gasteiger partial charge in [-0.2, -0.15) is 26.3 Å². The summed E-state index contributed by atoms with van der Waals surface area (Å²) in [5, 5.41) is 6.59. The first-order chi connectivity index (χ1) is 17.0. The summed E-state index contributed by atoms with van der Waals surface area (Å²) in [7, 11) is -2.58. The van der Waals surface area contributed by atoms with Crippen LogP contribution in [0.25, 0.3) is 0 Å². The summed E-state index contributed by atoms with van der Waals surface area (Å²) in [6.07, 6.45) is -16.8. The van der Waals surface area contributed by atoms with Gasteiger partial charge in [0.15, 0.2) is 0 Å². The Morgan fingerprint density at radius 1 is 0.919 bits per heavy atom. The number of carbonyl (C=O) groups excluding carboxylic acids is 1. The normalized spacial score (nSPS) is 38.2. The van der Waals surface area contributed by atoms with Gasteiger partial charge in [-0.3, -0.25) is 4.79 Å². The van der Waals surface area contributed by atoms with E-state index in [0.717, 1.165) is 0 Å². The van der Waals surface area contributed by atoms with Crippen LogP contribution in [0, 0.1) is 17.8 Å². The predicted octanol–water partition coefficient (Wildman–Crippen LogP) is 3.76. The van der Waals surface area contributed by atoms with Crippen LogP contribution in [0.2, 0.25) is 0 Å². The third-order valence-electron chi connectivity index (χ3n) is 7.86. The SMILES string of the molecule is COC1CCC(OC2CC(C(F)(F)F)CC(C(F)(F)F)C2C(=O)NC2CCCC(S(N)(=O)=O)C2)C(F)C1. The highest BCUT2D eigenvalue weighted by atomic mass is 32.2. The van der Waals surface area contributed by atoms with Gasteiger partial charge in [0.1, 0.15) is 6.17 Å². The van der Waals surface area contributed by atoms with E-state index in [1.165, 1.54) is 7.11 Å². The van der Waals surface area contributed by atoms with Crippen LogP contribution in [-0.4, -0.2) is 69.6 Å².